The predicted octanol–water partition coefficient (Wildman–Crippen LogP) is 1.79. The summed E-state index contributed by atoms with van der Waals surface area (Å²) < 4.78 is 1.85. The lowest BCUT2D eigenvalue weighted by Crippen LogP contribution is -2.23. The molecule has 0 bridgehead atoms. The van der Waals surface area contributed by atoms with Crippen LogP contribution in [0.3, 0.4) is 0 Å². The Morgan fingerprint density at radius 3 is 3.09 bits per heavy atom. The van der Waals surface area contributed by atoms with Crippen LogP contribution in [0.25, 0.3) is 0 Å². The maximum atomic E-state index is 11.1. The third kappa shape index (κ3) is 3.96. The van der Waals surface area contributed by atoms with Crippen LogP contribution in [0.15, 0.2) is 30.7 Å². The van der Waals surface area contributed by atoms with Crippen molar-refractivity contribution in [3.63, 3.8) is 0 Å². The first-order valence-corrected chi connectivity index (χ1v) is 8.02. The molecule has 3 heterocycles. The molecule has 0 aromatic carbocycles. The molecular weight excluding hydrogens is 290 g/mol. The first-order chi connectivity index (χ1) is 11.1. The van der Waals surface area contributed by atoms with Crippen LogP contribution in [0.4, 0.5) is 0 Å². The van der Waals surface area contributed by atoms with Crippen molar-refractivity contribution in [1.29, 1.82) is 0 Å². The Balaban J connectivity index is 1.71. The van der Waals surface area contributed by atoms with Gasteiger partial charge in [-0.2, -0.15) is 5.10 Å². The Morgan fingerprint density at radius 1 is 1.48 bits per heavy atom. The molecule has 6 nitrogen and oxygen atoms in total. The molecule has 1 aliphatic rings. The second-order valence-electron chi connectivity index (χ2n) is 6.14. The van der Waals surface area contributed by atoms with E-state index in [0.717, 1.165) is 25.2 Å². The van der Waals surface area contributed by atoms with E-state index in [9.17, 15) is 4.79 Å². The summed E-state index contributed by atoms with van der Waals surface area (Å²) in [6.07, 6.45) is 8.21. The molecule has 2 aromatic heterocycles. The molecular formula is C17H23N5O. The molecule has 23 heavy (non-hydrogen) atoms. The van der Waals surface area contributed by atoms with Gasteiger partial charge < -0.3 is 5.32 Å². The van der Waals surface area contributed by atoms with E-state index in [-0.39, 0.29) is 5.91 Å². The average Bonchev–Trinajstić information content (AvgIpc) is 3.15. The van der Waals surface area contributed by atoms with Gasteiger partial charge in [-0.1, -0.05) is 0 Å². The van der Waals surface area contributed by atoms with Crippen LogP contribution >= 0.6 is 0 Å². The summed E-state index contributed by atoms with van der Waals surface area (Å²) in [5, 5.41) is 7.06. The zero-order valence-corrected chi connectivity index (χ0v) is 13.7. The minimum Gasteiger partial charge on any atom is -0.351 e. The summed E-state index contributed by atoms with van der Waals surface area (Å²) in [6.45, 7) is 4.03. The highest BCUT2D eigenvalue weighted by atomic mass is 16.1. The van der Waals surface area contributed by atoms with E-state index in [0.29, 0.717) is 12.6 Å². The van der Waals surface area contributed by atoms with Crippen molar-refractivity contribution in [3.8, 4) is 0 Å². The summed E-state index contributed by atoms with van der Waals surface area (Å²) in [7, 11) is 1.95. The number of hydrogen-bond acceptors (Lipinski definition) is 4. The molecule has 0 aliphatic carbocycles. The fourth-order valence-electron chi connectivity index (χ4n) is 3.20. The van der Waals surface area contributed by atoms with Crippen LogP contribution in [0.2, 0.25) is 0 Å². The Hall–Kier alpha value is -2.21. The smallest absolute Gasteiger partial charge is 0.217 e. The lowest BCUT2D eigenvalue weighted by atomic mass is 10.0. The number of pyridine rings is 1. The zero-order valence-electron chi connectivity index (χ0n) is 13.7. The molecule has 1 aliphatic heterocycles. The van der Waals surface area contributed by atoms with Crippen molar-refractivity contribution in [2.24, 2.45) is 7.05 Å². The Morgan fingerprint density at radius 2 is 2.35 bits per heavy atom. The predicted molar refractivity (Wildman–Crippen MR) is 87.4 cm³/mol. The molecule has 0 saturated carbocycles. The zero-order chi connectivity index (χ0) is 16.2. The van der Waals surface area contributed by atoms with Gasteiger partial charge in [0.15, 0.2) is 0 Å². The van der Waals surface area contributed by atoms with Crippen molar-refractivity contribution < 1.29 is 4.79 Å². The number of nitrogens with one attached hydrogen (secondary N) is 1. The minimum absolute atomic E-state index is 0.0312. The number of hydrogen-bond donors (Lipinski definition) is 1. The Labute approximate surface area is 136 Å². The molecule has 122 valence electrons. The lowest BCUT2D eigenvalue weighted by molar-refractivity contribution is -0.119. The van der Waals surface area contributed by atoms with Gasteiger partial charge in [0.25, 0.3) is 0 Å². The third-order valence-electron chi connectivity index (χ3n) is 4.25. The number of carbonyl (C=O) groups excluding carboxylic acids is 1. The molecule has 0 spiro atoms. The number of rotatable bonds is 5. The quantitative estimate of drug-likeness (QED) is 0.914. The van der Waals surface area contributed by atoms with Crippen LogP contribution in [0.1, 0.15) is 42.6 Å². The fourth-order valence-corrected chi connectivity index (χ4v) is 3.20. The van der Waals surface area contributed by atoms with E-state index in [2.05, 4.69) is 38.6 Å². The number of nitrogens with zero attached hydrogens (tertiary/aromatic N) is 4. The SMILES string of the molecule is CC(=O)NCc1cc([C@@H]2CCCN2Cc2cnn(C)c2)ccn1. The lowest BCUT2D eigenvalue weighted by Gasteiger charge is -2.24. The first-order valence-electron chi connectivity index (χ1n) is 8.02. The highest BCUT2D eigenvalue weighted by Gasteiger charge is 2.26. The van der Waals surface area contributed by atoms with E-state index >= 15 is 0 Å². The maximum absolute atomic E-state index is 11.1. The van der Waals surface area contributed by atoms with Gasteiger partial charge in [-0.15, -0.1) is 0 Å². The monoisotopic (exact) mass is 313 g/mol. The van der Waals surface area contributed by atoms with E-state index in [4.69, 9.17) is 0 Å². The summed E-state index contributed by atoms with van der Waals surface area (Å²) in [5.74, 6) is -0.0312. The molecule has 0 radical (unpaired) electrons. The fraction of sp³-hybridized carbons (Fsp3) is 0.471. The summed E-state index contributed by atoms with van der Waals surface area (Å²) in [6, 6.07) is 4.61. The number of aryl methyl sites for hydroxylation is 1. The molecule has 1 saturated heterocycles. The molecule has 1 fully saturated rings. The number of likely N-dealkylation sites (tertiary alicyclic amines) is 1. The van der Waals surface area contributed by atoms with E-state index in [1.54, 1.807) is 0 Å². The largest absolute Gasteiger partial charge is 0.351 e. The second-order valence-corrected chi connectivity index (χ2v) is 6.14. The Bertz CT molecular complexity index is 681. The number of amides is 1. The third-order valence-corrected chi connectivity index (χ3v) is 4.25. The molecule has 1 amide bonds. The van der Waals surface area contributed by atoms with E-state index < -0.39 is 0 Å². The van der Waals surface area contributed by atoms with Crippen LogP contribution in [-0.4, -0.2) is 32.1 Å². The van der Waals surface area contributed by atoms with Gasteiger partial charge in [-0.3, -0.25) is 19.4 Å². The van der Waals surface area contributed by atoms with E-state index in [1.165, 1.54) is 24.5 Å². The first kappa shape index (κ1) is 15.7. The highest BCUT2D eigenvalue weighted by Crippen LogP contribution is 2.33. The van der Waals surface area contributed by atoms with Crippen molar-refractivity contribution in [1.82, 2.24) is 25.0 Å². The van der Waals surface area contributed by atoms with Gasteiger partial charge in [0, 0.05) is 44.5 Å². The summed E-state index contributed by atoms with van der Waals surface area (Å²) in [4.78, 5) is 17.9. The standard InChI is InChI=1S/C17H23N5O/c1-13(23)19-10-16-8-15(5-6-18-16)17-4-3-7-22(17)12-14-9-20-21(2)11-14/h5-6,8-9,11,17H,3-4,7,10,12H2,1-2H3,(H,19,23)/t17-/m0/s1. The second kappa shape index (κ2) is 6.91. The average molecular weight is 313 g/mol. The molecule has 6 heteroatoms. The normalized spacial score (nSPS) is 18.3. The molecule has 1 N–H and O–H groups in total. The number of aromatic nitrogens is 3. The van der Waals surface area contributed by atoms with Gasteiger partial charge >= 0.3 is 0 Å². The van der Waals surface area contributed by atoms with Gasteiger partial charge in [-0.05, 0) is 37.1 Å². The molecule has 3 rings (SSSR count). The maximum Gasteiger partial charge on any atom is 0.217 e. The van der Waals surface area contributed by atoms with Crippen LogP contribution in [-0.2, 0) is 24.9 Å². The van der Waals surface area contributed by atoms with Crippen LogP contribution in [0.5, 0.6) is 0 Å². The van der Waals surface area contributed by atoms with Crippen molar-refractivity contribution in [3.05, 3.63) is 47.5 Å². The molecule has 0 unspecified atom stereocenters. The molecule has 2 aromatic rings. The van der Waals surface area contributed by atoms with Crippen molar-refractivity contribution >= 4 is 5.91 Å². The van der Waals surface area contributed by atoms with Gasteiger partial charge in [-0.25, -0.2) is 0 Å². The van der Waals surface area contributed by atoms with Crippen LogP contribution < -0.4 is 5.32 Å². The Kier molecular flexibility index (Phi) is 4.71. The summed E-state index contributed by atoms with van der Waals surface area (Å²) in [5.41, 5.74) is 3.43. The molecule has 1 atom stereocenters. The van der Waals surface area contributed by atoms with E-state index in [1.807, 2.05) is 24.1 Å². The minimum atomic E-state index is -0.0312. The van der Waals surface area contributed by atoms with Crippen molar-refractivity contribution in [2.45, 2.75) is 38.9 Å². The van der Waals surface area contributed by atoms with Crippen molar-refractivity contribution in [2.75, 3.05) is 6.54 Å². The highest BCUT2D eigenvalue weighted by molar-refractivity contribution is 5.72. The van der Waals surface area contributed by atoms with Gasteiger partial charge in [0.2, 0.25) is 5.91 Å². The van der Waals surface area contributed by atoms with Crippen LogP contribution in [0, 0.1) is 0 Å². The number of carbonyl (C=O) groups is 1. The van der Waals surface area contributed by atoms with Gasteiger partial charge in [0.05, 0.1) is 18.4 Å². The summed E-state index contributed by atoms with van der Waals surface area (Å²) >= 11 is 0. The van der Waals surface area contributed by atoms with Gasteiger partial charge in [0.1, 0.15) is 0 Å². The topological polar surface area (TPSA) is 63.1 Å².